The molecule has 0 spiro atoms. The van der Waals surface area contributed by atoms with Crippen molar-refractivity contribution in [1.29, 1.82) is 0 Å². The molecule has 2 aromatic rings. The number of nitrogens with one attached hydrogen (secondary N) is 1. The van der Waals surface area contributed by atoms with Crippen molar-refractivity contribution in [3.05, 3.63) is 58.2 Å². The minimum atomic E-state index is -0.798. The van der Waals surface area contributed by atoms with Gasteiger partial charge in [-0.25, -0.2) is 4.98 Å². The van der Waals surface area contributed by atoms with Gasteiger partial charge in [0.15, 0.2) is 0 Å². The molecule has 0 saturated heterocycles. The van der Waals surface area contributed by atoms with Crippen molar-refractivity contribution in [3.63, 3.8) is 0 Å². The van der Waals surface area contributed by atoms with Gasteiger partial charge in [0.25, 0.3) is 11.6 Å². The monoisotopic (exact) mass is 291 g/mol. The minimum Gasteiger partial charge on any atom is -0.495 e. The van der Waals surface area contributed by atoms with E-state index in [1.807, 2.05) is 0 Å². The van der Waals surface area contributed by atoms with Gasteiger partial charge in [-0.2, -0.15) is 4.39 Å². The van der Waals surface area contributed by atoms with Crippen molar-refractivity contribution < 1.29 is 18.8 Å². The summed E-state index contributed by atoms with van der Waals surface area (Å²) in [5.74, 6) is -1.26. The molecule has 0 aliphatic rings. The standard InChI is InChI=1S/C13H10FN3O4/c1-21-11-6-5-8(17(19)20)7-10(11)16-13(18)9-3-2-4-12(14)15-9/h2-7H,1H3,(H,16,18). The number of hydrogen-bond donors (Lipinski definition) is 1. The normalized spacial score (nSPS) is 10.0. The first-order valence-electron chi connectivity index (χ1n) is 5.77. The number of anilines is 1. The first-order chi connectivity index (χ1) is 10.0. The number of pyridine rings is 1. The topological polar surface area (TPSA) is 94.4 Å². The summed E-state index contributed by atoms with van der Waals surface area (Å²) in [6, 6.07) is 7.51. The van der Waals surface area contributed by atoms with Crippen molar-refractivity contribution in [3.8, 4) is 5.75 Å². The zero-order valence-corrected chi connectivity index (χ0v) is 10.9. The van der Waals surface area contributed by atoms with E-state index in [9.17, 15) is 19.3 Å². The van der Waals surface area contributed by atoms with Crippen LogP contribution in [-0.2, 0) is 0 Å². The number of amides is 1. The van der Waals surface area contributed by atoms with Crippen molar-refractivity contribution >= 4 is 17.3 Å². The summed E-state index contributed by atoms with van der Waals surface area (Å²) in [5, 5.41) is 13.1. The molecule has 0 aliphatic carbocycles. The zero-order chi connectivity index (χ0) is 15.4. The maximum atomic E-state index is 13.0. The number of methoxy groups -OCH3 is 1. The van der Waals surface area contributed by atoms with Crippen LogP contribution in [0.4, 0.5) is 15.8 Å². The van der Waals surface area contributed by atoms with E-state index in [1.54, 1.807) is 0 Å². The highest BCUT2D eigenvalue weighted by Gasteiger charge is 2.15. The summed E-state index contributed by atoms with van der Waals surface area (Å²) in [4.78, 5) is 25.5. The van der Waals surface area contributed by atoms with E-state index in [1.165, 1.54) is 31.4 Å². The Labute approximate surface area is 118 Å². The van der Waals surface area contributed by atoms with Gasteiger partial charge in [-0.05, 0) is 18.2 Å². The number of halogens is 1. The molecule has 21 heavy (non-hydrogen) atoms. The fourth-order valence-corrected chi connectivity index (χ4v) is 1.63. The van der Waals surface area contributed by atoms with Crippen molar-refractivity contribution in [2.45, 2.75) is 0 Å². The second kappa shape index (κ2) is 5.95. The number of hydrogen-bond acceptors (Lipinski definition) is 5. The highest BCUT2D eigenvalue weighted by Crippen LogP contribution is 2.29. The lowest BCUT2D eigenvalue weighted by molar-refractivity contribution is -0.384. The zero-order valence-electron chi connectivity index (χ0n) is 10.9. The third kappa shape index (κ3) is 3.30. The molecule has 1 amide bonds. The molecule has 8 heteroatoms. The summed E-state index contributed by atoms with van der Waals surface area (Å²) < 4.78 is 18.0. The Balaban J connectivity index is 2.31. The average Bonchev–Trinajstić information content (AvgIpc) is 2.47. The van der Waals surface area contributed by atoms with Crippen LogP contribution in [0.2, 0.25) is 0 Å². The molecule has 108 valence electrons. The van der Waals surface area contributed by atoms with Crippen LogP contribution in [0, 0.1) is 16.1 Å². The second-order valence-corrected chi connectivity index (χ2v) is 3.94. The molecule has 1 heterocycles. The fourth-order valence-electron chi connectivity index (χ4n) is 1.63. The molecule has 1 aromatic heterocycles. The van der Waals surface area contributed by atoms with E-state index >= 15 is 0 Å². The number of benzene rings is 1. The molecule has 0 radical (unpaired) electrons. The van der Waals surface area contributed by atoms with Crippen LogP contribution < -0.4 is 10.1 Å². The van der Waals surface area contributed by atoms with Gasteiger partial charge in [0.1, 0.15) is 11.4 Å². The van der Waals surface area contributed by atoms with Gasteiger partial charge < -0.3 is 10.1 Å². The number of aromatic nitrogens is 1. The number of ether oxygens (including phenoxy) is 1. The highest BCUT2D eigenvalue weighted by atomic mass is 19.1. The molecular formula is C13H10FN3O4. The predicted octanol–water partition coefficient (Wildman–Crippen LogP) is 2.39. The van der Waals surface area contributed by atoms with E-state index in [0.717, 1.165) is 12.1 Å². The van der Waals surface area contributed by atoms with Crippen LogP contribution >= 0.6 is 0 Å². The number of nitro groups is 1. The summed E-state index contributed by atoms with van der Waals surface area (Å²) in [5.41, 5.74) is -0.260. The van der Waals surface area contributed by atoms with Crippen molar-refractivity contribution in [1.82, 2.24) is 4.98 Å². The van der Waals surface area contributed by atoms with E-state index in [4.69, 9.17) is 4.74 Å². The first-order valence-corrected chi connectivity index (χ1v) is 5.77. The maximum Gasteiger partial charge on any atom is 0.274 e. The number of nitro benzene ring substituents is 1. The molecule has 7 nitrogen and oxygen atoms in total. The van der Waals surface area contributed by atoms with Crippen molar-refractivity contribution in [2.24, 2.45) is 0 Å². The lowest BCUT2D eigenvalue weighted by atomic mass is 10.2. The molecule has 1 N–H and O–H groups in total. The van der Waals surface area contributed by atoms with Crippen LogP contribution in [-0.4, -0.2) is 22.9 Å². The predicted molar refractivity (Wildman–Crippen MR) is 71.8 cm³/mol. The Kier molecular flexibility index (Phi) is 4.07. The van der Waals surface area contributed by atoms with Crippen LogP contribution in [0.5, 0.6) is 5.75 Å². The average molecular weight is 291 g/mol. The van der Waals surface area contributed by atoms with Crippen LogP contribution in [0.25, 0.3) is 0 Å². The number of non-ortho nitro benzene ring substituents is 1. The second-order valence-electron chi connectivity index (χ2n) is 3.94. The first kappa shape index (κ1) is 14.4. The van der Waals surface area contributed by atoms with Gasteiger partial charge in [-0.15, -0.1) is 0 Å². The summed E-state index contributed by atoms with van der Waals surface area (Å²) in [7, 11) is 1.36. The lowest BCUT2D eigenvalue weighted by Gasteiger charge is -2.09. The maximum absolute atomic E-state index is 13.0. The smallest absolute Gasteiger partial charge is 0.274 e. The van der Waals surface area contributed by atoms with E-state index in [-0.39, 0.29) is 22.8 Å². The van der Waals surface area contributed by atoms with E-state index < -0.39 is 16.8 Å². The number of carbonyl (C=O) groups excluding carboxylic acids is 1. The van der Waals surface area contributed by atoms with Gasteiger partial charge in [0, 0.05) is 12.1 Å². The van der Waals surface area contributed by atoms with Gasteiger partial charge in [-0.1, -0.05) is 6.07 Å². The quantitative estimate of drug-likeness (QED) is 0.530. The Bertz CT molecular complexity index is 706. The molecular weight excluding hydrogens is 281 g/mol. The summed E-state index contributed by atoms with van der Waals surface area (Å²) >= 11 is 0. The Morgan fingerprint density at radius 1 is 1.38 bits per heavy atom. The Morgan fingerprint density at radius 3 is 2.76 bits per heavy atom. The molecule has 0 fully saturated rings. The van der Waals surface area contributed by atoms with Crippen LogP contribution in [0.1, 0.15) is 10.5 Å². The van der Waals surface area contributed by atoms with E-state index in [2.05, 4.69) is 10.3 Å². The van der Waals surface area contributed by atoms with Gasteiger partial charge in [0.2, 0.25) is 5.95 Å². The van der Waals surface area contributed by atoms with Gasteiger partial charge in [0.05, 0.1) is 17.7 Å². The highest BCUT2D eigenvalue weighted by molar-refractivity contribution is 6.03. The molecule has 0 aliphatic heterocycles. The van der Waals surface area contributed by atoms with E-state index in [0.29, 0.717) is 0 Å². The SMILES string of the molecule is COc1ccc([N+](=O)[O-])cc1NC(=O)c1cccc(F)n1. The largest absolute Gasteiger partial charge is 0.495 e. The van der Waals surface area contributed by atoms with Crippen LogP contribution in [0.15, 0.2) is 36.4 Å². The van der Waals surface area contributed by atoms with Gasteiger partial charge >= 0.3 is 0 Å². The summed E-state index contributed by atoms with van der Waals surface area (Å²) in [6.45, 7) is 0. The lowest BCUT2D eigenvalue weighted by Crippen LogP contribution is -2.15. The summed E-state index contributed by atoms with van der Waals surface area (Å²) in [6.07, 6.45) is 0. The molecule has 0 atom stereocenters. The number of rotatable bonds is 4. The third-order valence-corrected chi connectivity index (χ3v) is 2.59. The molecule has 2 rings (SSSR count). The Morgan fingerprint density at radius 2 is 2.14 bits per heavy atom. The Hall–Kier alpha value is -3.03. The van der Waals surface area contributed by atoms with Gasteiger partial charge in [-0.3, -0.25) is 14.9 Å². The number of nitrogens with zero attached hydrogens (tertiary/aromatic N) is 2. The molecule has 0 unspecified atom stereocenters. The van der Waals surface area contributed by atoms with Crippen LogP contribution in [0.3, 0.4) is 0 Å². The molecule has 0 saturated carbocycles. The van der Waals surface area contributed by atoms with Crippen molar-refractivity contribution in [2.75, 3.05) is 12.4 Å². The molecule has 1 aromatic carbocycles. The number of carbonyl (C=O) groups is 1. The third-order valence-electron chi connectivity index (χ3n) is 2.59. The molecule has 0 bridgehead atoms. The fraction of sp³-hybridized carbons (Fsp3) is 0.0769. The minimum absolute atomic E-state index is 0.0998.